The third-order valence-electron chi connectivity index (χ3n) is 5.06. The van der Waals surface area contributed by atoms with E-state index in [0.717, 1.165) is 18.9 Å². The van der Waals surface area contributed by atoms with Gasteiger partial charge in [0, 0.05) is 11.6 Å². The molecule has 1 fully saturated rings. The molecule has 7 nitrogen and oxygen atoms in total. The van der Waals surface area contributed by atoms with Gasteiger partial charge in [-0.05, 0) is 43.2 Å². The van der Waals surface area contributed by atoms with Gasteiger partial charge in [-0.3, -0.25) is 9.52 Å². The highest BCUT2D eigenvalue weighted by Gasteiger charge is 2.32. The maximum Gasteiger partial charge on any atom is 0.341 e. The Morgan fingerprint density at radius 3 is 2.32 bits per heavy atom. The molecular weight excluding hydrogens is 466 g/mol. The van der Waals surface area contributed by atoms with E-state index in [1.165, 1.54) is 24.3 Å². The van der Waals surface area contributed by atoms with Crippen molar-refractivity contribution in [2.24, 2.45) is 0 Å². The van der Waals surface area contributed by atoms with Gasteiger partial charge in [0.15, 0.2) is 0 Å². The maximum atomic E-state index is 14.1. The Balaban J connectivity index is 1.61. The van der Waals surface area contributed by atoms with Gasteiger partial charge < -0.3 is 10.1 Å². The summed E-state index contributed by atoms with van der Waals surface area (Å²) in [5, 5.41) is 2.79. The number of amides is 1. The number of carbonyl (C=O) groups is 2. The van der Waals surface area contributed by atoms with Crippen LogP contribution in [0.15, 0.2) is 77.7 Å². The average molecular weight is 486 g/mol. The molecule has 10 heteroatoms. The van der Waals surface area contributed by atoms with Gasteiger partial charge in [-0.2, -0.15) is 0 Å². The molecule has 3 aromatic rings. The van der Waals surface area contributed by atoms with E-state index in [1.54, 1.807) is 30.3 Å². The van der Waals surface area contributed by atoms with Crippen LogP contribution in [0.3, 0.4) is 0 Å². The normalized spacial score (nSPS) is 14.2. The average Bonchev–Trinajstić information content (AvgIpc) is 3.63. The lowest BCUT2D eigenvalue weighted by atomic mass is 10.1. The van der Waals surface area contributed by atoms with E-state index in [0.29, 0.717) is 17.7 Å². The van der Waals surface area contributed by atoms with Crippen molar-refractivity contribution in [3.05, 3.63) is 95.6 Å². The van der Waals surface area contributed by atoms with Crippen LogP contribution in [-0.2, 0) is 19.6 Å². The molecular formula is C24H20F2N2O5S. The number of rotatable bonds is 8. The number of para-hydroxylation sites is 1. The Morgan fingerprint density at radius 2 is 1.62 bits per heavy atom. The smallest absolute Gasteiger partial charge is 0.341 e. The van der Waals surface area contributed by atoms with Crippen LogP contribution in [0.4, 0.5) is 14.5 Å². The van der Waals surface area contributed by atoms with Crippen molar-refractivity contribution in [1.29, 1.82) is 0 Å². The number of nitrogens with one attached hydrogen (secondary N) is 2. The molecule has 1 saturated carbocycles. The van der Waals surface area contributed by atoms with Crippen molar-refractivity contribution in [3.63, 3.8) is 0 Å². The van der Waals surface area contributed by atoms with Crippen molar-refractivity contribution >= 4 is 27.6 Å². The second-order valence-electron chi connectivity index (χ2n) is 7.70. The number of anilines is 1. The van der Waals surface area contributed by atoms with E-state index in [2.05, 4.69) is 10.0 Å². The first-order chi connectivity index (χ1) is 16.2. The van der Waals surface area contributed by atoms with Gasteiger partial charge in [0.2, 0.25) is 6.10 Å². The first-order valence-corrected chi connectivity index (χ1v) is 11.9. The summed E-state index contributed by atoms with van der Waals surface area (Å²) < 4.78 is 60.6. The van der Waals surface area contributed by atoms with E-state index in [9.17, 15) is 26.8 Å². The van der Waals surface area contributed by atoms with E-state index in [-0.39, 0.29) is 17.3 Å². The number of ether oxygens (including phenoxy) is 1. The number of halogens is 2. The molecule has 176 valence electrons. The zero-order valence-electron chi connectivity index (χ0n) is 17.7. The molecule has 1 aliphatic rings. The fraction of sp³-hybridized carbons (Fsp3) is 0.167. The van der Waals surface area contributed by atoms with E-state index < -0.39 is 44.5 Å². The molecule has 1 amide bonds. The monoisotopic (exact) mass is 486 g/mol. The molecule has 0 aromatic heterocycles. The second kappa shape index (κ2) is 9.60. The minimum atomic E-state index is -4.58. The van der Waals surface area contributed by atoms with Crippen LogP contribution in [-0.4, -0.2) is 26.3 Å². The predicted octanol–water partition coefficient (Wildman–Crippen LogP) is 3.94. The first kappa shape index (κ1) is 23.4. The zero-order valence-corrected chi connectivity index (χ0v) is 18.5. The Morgan fingerprint density at radius 1 is 0.941 bits per heavy atom. The van der Waals surface area contributed by atoms with Gasteiger partial charge in [-0.25, -0.2) is 22.0 Å². The Hall–Kier alpha value is -3.79. The van der Waals surface area contributed by atoms with Crippen molar-refractivity contribution in [2.45, 2.75) is 29.9 Å². The van der Waals surface area contributed by atoms with Crippen LogP contribution in [0.25, 0.3) is 0 Å². The van der Waals surface area contributed by atoms with Crippen molar-refractivity contribution < 1.29 is 31.5 Å². The van der Waals surface area contributed by atoms with E-state index >= 15 is 0 Å². The number of hydrogen-bond acceptors (Lipinski definition) is 5. The van der Waals surface area contributed by atoms with Crippen LogP contribution in [0.5, 0.6) is 0 Å². The topological polar surface area (TPSA) is 102 Å². The number of sulfonamides is 1. The minimum absolute atomic E-state index is 0.0256. The Bertz CT molecular complexity index is 1330. The quantitative estimate of drug-likeness (QED) is 0.470. The highest BCUT2D eigenvalue weighted by atomic mass is 32.2. The lowest BCUT2D eigenvalue weighted by Crippen LogP contribution is -2.33. The van der Waals surface area contributed by atoms with Crippen LogP contribution in [0.2, 0.25) is 0 Å². The summed E-state index contributed by atoms with van der Waals surface area (Å²) in [7, 11) is -4.58. The largest absolute Gasteiger partial charge is 0.444 e. The summed E-state index contributed by atoms with van der Waals surface area (Å²) in [6.07, 6.45) is 0.407. The molecule has 0 saturated heterocycles. The van der Waals surface area contributed by atoms with E-state index in [4.69, 9.17) is 4.74 Å². The third kappa shape index (κ3) is 5.40. The molecule has 0 aliphatic heterocycles. The molecule has 0 spiro atoms. The number of benzene rings is 3. The SMILES string of the molecule is O=C(OC(C(=O)NC1CC1)c1ccccc1)c1ccccc1NS(=O)(=O)c1cc(F)ccc1F. The summed E-state index contributed by atoms with van der Waals surface area (Å²) >= 11 is 0. The third-order valence-corrected chi connectivity index (χ3v) is 6.44. The summed E-state index contributed by atoms with van der Waals surface area (Å²) in [4.78, 5) is 24.9. The zero-order chi connectivity index (χ0) is 24.3. The highest BCUT2D eigenvalue weighted by molar-refractivity contribution is 7.92. The fourth-order valence-electron chi connectivity index (χ4n) is 3.21. The number of esters is 1. The van der Waals surface area contributed by atoms with Gasteiger partial charge >= 0.3 is 5.97 Å². The van der Waals surface area contributed by atoms with Gasteiger partial charge in [0.25, 0.3) is 15.9 Å². The molecule has 0 radical (unpaired) electrons. The number of hydrogen-bond donors (Lipinski definition) is 2. The lowest BCUT2D eigenvalue weighted by Gasteiger charge is -2.19. The highest BCUT2D eigenvalue weighted by Crippen LogP contribution is 2.27. The van der Waals surface area contributed by atoms with Crippen molar-refractivity contribution in [1.82, 2.24) is 5.32 Å². The van der Waals surface area contributed by atoms with Crippen molar-refractivity contribution in [3.8, 4) is 0 Å². The van der Waals surface area contributed by atoms with Crippen LogP contribution in [0.1, 0.15) is 34.9 Å². The molecule has 3 aromatic carbocycles. The summed E-state index contributed by atoms with van der Waals surface area (Å²) in [6.45, 7) is 0. The lowest BCUT2D eigenvalue weighted by molar-refractivity contribution is -0.130. The summed E-state index contributed by atoms with van der Waals surface area (Å²) in [5.41, 5.74) is 0.0162. The number of carbonyl (C=O) groups excluding carboxylic acids is 2. The second-order valence-corrected chi connectivity index (χ2v) is 9.36. The Labute approximate surface area is 194 Å². The fourth-order valence-corrected chi connectivity index (χ4v) is 4.38. The van der Waals surface area contributed by atoms with Gasteiger partial charge in [-0.15, -0.1) is 0 Å². The molecule has 4 rings (SSSR count). The standard InChI is InChI=1S/C24H20F2N2O5S/c25-16-10-13-19(26)21(14-16)34(31,32)28-20-9-5-4-8-18(20)24(30)33-22(15-6-2-1-3-7-15)23(29)27-17-11-12-17/h1-10,13-14,17,22,28H,11-12H2,(H,27,29). The van der Waals surface area contributed by atoms with E-state index in [1.807, 2.05) is 0 Å². The van der Waals surface area contributed by atoms with Crippen LogP contribution >= 0.6 is 0 Å². The van der Waals surface area contributed by atoms with Crippen molar-refractivity contribution in [2.75, 3.05) is 4.72 Å². The van der Waals surface area contributed by atoms with Crippen LogP contribution < -0.4 is 10.0 Å². The summed E-state index contributed by atoms with van der Waals surface area (Å²) in [5.74, 6) is -3.57. The molecule has 0 bridgehead atoms. The molecule has 0 heterocycles. The molecule has 2 N–H and O–H groups in total. The van der Waals surface area contributed by atoms with Gasteiger partial charge in [-0.1, -0.05) is 42.5 Å². The molecule has 1 atom stereocenters. The van der Waals surface area contributed by atoms with Gasteiger partial charge in [0.1, 0.15) is 16.5 Å². The predicted molar refractivity (Wildman–Crippen MR) is 119 cm³/mol. The summed E-state index contributed by atoms with van der Waals surface area (Å²) in [6, 6.07) is 15.9. The molecule has 34 heavy (non-hydrogen) atoms. The molecule has 1 aliphatic carbocycles. The minimum Gasteiger partial charge on any atom is -0.444 e. The first-order valence-electron chi connectivity index (χ1n) is 10.4. The van der Waals surface area contributed by atoms with Gasteiger partial charge in [0.05, 0.1) is 11.3 Å². The molecule has 1 unspecified atom stereocenters. The maximum absolute atomic E-state index is 14.1. The Kier molecular flexibility index (Phi) is 6.60. The van der Waals surface area contributed by atoms with Crippen LogP contribution in [0, 0.1) is 11.6 Å².